The van der Waals surface area contributed by atoms with Gasteiger partial charge < -0.3 is 10.1 Å². The molecule has 0 unspecified atom stereocenters. The normalized spacial score (nSPS) is 13.4. The molecular weight excluding hydrogens is 206 g/mol. The zero-order chi connectivity index (χ0) is 12.9. The summed E-state index contributed by atoms with van der Waals surface area (Å²) < 4.78 is 5.06. The Labute approximate surface area is 97.7 Å². The summed E-state index contributed by atoms with van der Waals surface area (Å²) in [6.07, 6.45) is -0.0751. The molecule has 16 heavy (non-hydrogen) atoms. The molecule has 0 rings (SSSR count). The van der Waals surface area contributed by atoms with Crippen molar-refractivity contribution in [3.8, 4) is 0 Å². The Morgan fingerprint density at radius 1 is 1.19 bits per heavy atom. The number of alkyl carbamates (subject to hydrolysis) is 1. The minimum atomic E-state index is -0.544. The number of hydrogen-bond acceptors (Lipinski definition) is 3. The summed E-state index contributed by atoms with van der Waals surface area (Å²) in [7, 11) is 0. The first-order valence-electron chi connectivity index (χ1n) is 5.64. The average Bonchev–Trinajstić information content (AvgIpc) is 1.98. The highest BCUT2D eigenvalue weighted by molar-refractivity contribution is 5.87. The summed E-state index contributed by atoms with van der Waals surface area (Å²) >= 11 is 0. The minimum absolute atomic E-state index is 0.0286. The molecule has 0 heterocycles. The lowest BCUT2D eigenvalue weighted by atomic mass is 10.0. The molecule has 0 aromatic heterocycles. The summed E-state index contributed by atoms with van der Waals surface area (Å²) in [6.45, 7) is 11.0. The van der Waals surface area contributed by atoms with Crippen molar-refractivity contribution in [1.29, 1.82) is 0 Å². The van der Waals surface area contributed by atoms with Crippen molar-refractivity contribution in [3.05, 3.63) is 0 Å². The Balaban J connectivity index is 4.09. The molecule has 0 aromatic carbocycles. The molecule has 0 aromatic rings. The molecule has 0 saturated carbocycles. The molecule has 0 spiro atoms. The SMILES string of the molecule is CC(C)CC(=O)[C@@H](C)NC(=O)OC(C)(C)C. The number of hydrogen-bond donors (Lipinski definition) is 1. The van der Waals surface area contributed by atoms with Crippen LogP contribution in [-0.2, 0) is 9.53 Å². The van der Waals surface area contributed by atoms with Crippen molar-refractivity contribution in [1.82, 2.24) is 5.32 Å². The van der Waals surface area contributed by atoms with Gasteiger partial charge in [0.15, 0.2) is 5.78 Å². The number of carbonyl (C=O) groups is 2. The first-order chi connectivity index (χ1) is 7.11. The third-order valence-corrected chi connectivity index (χ3v) is 1.83. The van der Waals surface area contributed by atoms with E-state index >= 15 is 0 Å². The van der Waals surface area contributed by atoms with E-state index in [4.69, 9.17) is 4.74 Å². The van der Waals surface area contributed by atoms with Gasteiger partial charge in [0.1, 0.15) is 5.60 Å². The highest BCUT2D eigenvalue weighted by Gasteiger charge is 2.21. The van der Waals surface area contributed by atoms with E-state index in [1.165, 1.54) is 0 Å². The molecule has 1 amide bonds. The lowest BCUT2D eigenvalue weighted by Gasteiger charge is -2.21. The van der Waals surface area contributed by atoms with Gasteiger partial charge in [0.25, 0.3) is 0 Å². The van der Waals surface area contributed by atoms with Gasteiger partial charge in [-0.3, -0.25) is 4.79 Å². The van der Waals surface area contributed by atoms with Gasteiger partial charge in [-0.05, 0) is 33.6 Å². The van der Waals surface area contributed by atoms with Gasteiger partial charge in [-0.25, -0.2) is 4.79 Å². The highest BCUT2D eigenvalue weighted by Crippen LogP contribution is 2.08. The van der Waals surface area contributed by atoms with Crippen molar-refractivity contribution in [2.75, 3.05) is 0 Å². The minimum Gasteiger partial charge on any atom is -0.444 e. The third-order valence-electron chi connectivity index (χ3n) is 1.83. The molecular formula is C12H23NO3. The number of ketones is 1. The van der Waals surface area contributed by atoms with Crippen LogP contribution in [0.4, 0.5) is 4.79 Å². The smallest absolute Gasteiger partial charge is 0.408 e. The molecule has 94 valence electrons. The van der Waals surface area contributed by atoms with Crippen molar-refractivity contribution in [2.24, 2.45) is 5.92 Å². The van der Waals surface area contributed by atoms with Crippen molar-refractivity contribution in [3.63, 3.8) is 0 Å². The van der Waals surface area contributed by atoms with Crippen LogP contribution in [0.15, 0.2) is 0 Å². The maximum atomic E-state index is 11.6. The van der Waals surface area contributed by atoms with E-state index in [9.17, 15) is 9.59 Å². The lowest BCUT2D eigenvalue weighted by Crippen LogP contribution is -2.41. The van der Waals surface area contributed by atoms with Crippen LogP contribution < -0.4 is 5.32 Å². The van der Waals surface area contributed by atoms with Crippen LogP contribution in [0.25, 0.3) is 0 Å². The Morgan fingerprint density at radius 2 is 1.69 bits per heavy atom. The van der Waals surface area contributed by atoms with E-state index in [1.54, 1.807) is 27.7 Å². The molecule has 1 N–H and O–H groups in total. The van der Waals surface area contributed by atoms with Crippen LogP contribution in [0, 0.1) is 5.92 Å². The molecule has 0 radical (unpaired) electrons. The quantitative estimate of drug-likeness (QED) is 0.805. The topological polar surface area (TPSA) is 55.4 Å². The maximum absolute atomic E-state index is 11.6. The molecule has 0 bridgehead atoms. The van der Waals surface area contributed by atoms with E-state index < -0.39 is 17.7 Å². The molecule has 0 aliphatic rings. The number of Topliss-reactive ketones (excluding diaryl/α,β-unsaturated/α-hetero) is 1. The fourth-order valence-corrected chi connectivity index (χ4v) is 1.14. The molecule has 1 atom stereocenters. The molecule has 0 fully saturated rings. The van der Waals surface area contributed by atoms with Crippen LogP contribution in [0.5, 0.6) is 0 Å². The molecule has 0 saturated heterocycles. The number of rotatable bonds is 4. The maximum Gasteiger partial charge on any atom is 0.408 e. The lowest BCUT2D eigenvalue weighted by molar-refractivity contribution is -0.121. The van der Waals surface area contributed by atoms with Crippen molar-refractivity contribution < 1.29 is 14.3 Å². The van der Waals surface area contributed by atoms with Crippen molar-refractivity contribution in [2.45, 2.75) is 59.6 Å². The summed E-state index contributed by atoms with van der Waals surface area (Å²) in [5, 5.41) is 2.53. The summed E-state index contributed by atoms with van der Waals surface area (Å²) in [5.41, 5.74) is -0.537. The van der Waals surface area contributed by atoms with Crippen LogP contribution in [0.1, 0.15) is 48.0 Å². The Bertz CT molecular complexity index is 253. The fourth-order valence-electron chi connectivity index (χ4n) is 1.14. The zero-order valence-electron chi connectivity index (χ0n) is 11.1. The summed E-state index contributed by atoms with van der Waals surface area (Å²) in [4.78, 5) is 23.0. The first-order valence-corrected chi connectivity index (χ1v) is 5.64. The van der Waals surface area contributed by atoms with Gasteiger partial charge in [-0.15, -0.1) is 0 Å². The molecule has 0 aliphatic carbocycles. The van der Waals surface area contributed by atoms with Gasteiger partial charge in [-0.2, -0.15) is 0 Å². The van der Waals surface area contributed by atoms with E-state index in [0.717, 1.165) is 0 Å². The monoisotopic (exact) mass is 229 g/mol. The van der Waals surface area contributed by atoms with Crippen LogP contribution in [0.3, 0.4) is 0 Å². The number of amides is 1. The van der Waals surface area contributed by atoms with Gasteiger partial charge in [0.05, 0.1) is 6.04 Å². The standard InChI is InChI=1S/C12H23NO3/c1-8(2)7-10(14)9(3)13-11(15)16-12(4,5)6/h8-9H,7H2,1-6H3,(H,13,15)/t9-/m1/s1. The first kappa shape index (κ1) is 14.9. The molecule has 4 heteroatoms. The van der Waals surface area contributed by atoms with E-state index in [0.29, 0.717) is 12.3 Å². The van der Waals surface area contributed by atoms with Gasteiger partial charge >= 0.3 is 6.09 Å². The largest absolute Gasteiger partial charge is 0.444 e. The van der Waals surface area contributed by atoms with Crippen LogP contribution in [-0.4, -0.2) is 23.5 Å². The van der Waals surface area contributed by atoms with Gasteiger partial charge in [-0.1, -0.05) is 13.8 Å². The molecule has 0 aliphatic heterocycles. The summed E-state index contributed by atoms with van der Waals surface area (Å²) in [6, 6.07) is -0.489. The van der Waals surface area contributed by atoms with Crippen molar-refractivity contribution >= 4 is 11.9 Å². The second-order valence-electron chi connectivity index (χ2n) is 5.43. The van der Waals surface area contributed by atoms with Gasteiger partial charge in [0.2, 0.25) is 0 Å². The predicted molar refractivity (Wildman–Crippen MR) is 63.3 cm³/mol. The number of nitrogens with one attached hydrogen (secondary N) is 1. The fraction of sp³-hybridized carbons (Fsp3) is 0.833. The number of carbonyl (C=O) groups excluding carboxylic acids is 2. The molecule has 4 nitrogen and oxygen atoms in total. The van der Waals surface area contributed by atoms with E-state index in [-0.39, 0.29) is 5.78 Å². The third kappa shape index (κ3) is 7.26. The Morgan fingerprint density at radius 3 is 2.06 bits per heavy atom. The predicted octanol–water partition coefficient (Wildman–Crippen LogP) is 2.51. The van der Waals surface area contributed by atoms with E-state index in [1.807, 2.05) is 13.8 Å². The highest BCUT2D eigenvalue weighted by atomic mass is 16.6. The second kappa shape index (κ2) is 5.87. The summed E-state index contributed by atoms with van der Waals surface area (Å²) in [5.74, 6) is 0.330. The second-order valence-corrected chi connectivity index (χ2v) is 5.43. The number of ether oxygens (including phenoxy) is 1. The average molecular weight is 229 g/mol. The van der Waals surface area contributed by atoms with E-state index in [2.05, 4.69) is 5.32 Å². The Kier molecular flexibility index (Phi) is 5.48. The van der Waals surface area contributed by atoms with Crippen LogP contribution >= 0.6 is 0 Å². The van der Waals surface area contributed by atoms with Crippen LogP contribution in [0.2, 0.25) is 0 Å². The van der Waals surface area contributed by atoms with Gasteiger partial charge in [0, 0.05) is 6.42 Å². The Hall–Kier alpha value is -1.06. The zero-order valence-corrected chi connectivity index (χ0v) is 11.1.